The van der Waals surface area contributed by atoms with Gasteiger partial charge in [-0.3, -0.25) is 14.4 Å². The first kappa shape index (κ1) is 56.1. The lowest BCUT2D eigenvalue weighted by Crippen LogP contribution is -2.57. The van der Waals surface area contributed by atoms with Crippen molar-refractivity contribution in [3.05, 3.63) is 99.8 Å². The molecule has 74 heavy (non-hydrogen) atoms. The second kappa shape index (κ2) is 24.3. The predicted molar refractivity (Wildman–Crippen MR) is 295 cm³/mol. The lowest BCUT2D eigenvalue weighted by atomic mass is 9.85. The number of β-amino-alcohol motifs (C(OH)–C–C–N with tert-alkyl or cyclic N) is 1. The number of aliphatic hydroxyl groups is 1. The summed E-state index contributed by atoms with van der Waals surface area (Å²) in [7, 11) is -3.09. The van der Waals surface area contributed by atoms with Crippen LogP contribution in [0.5, 0.6) is 5.75 Å². The maximum absolute atomic E-state index is 14.2. The molecule has 0 radical (unpaired) electrons. The molecule has 2 saturated heterocycles. The van der Waals surface area contributed by atoms with E-state index in [1.54, 1.807) is 49.4 Å². The molecule has 5 aromatic rings. The van der Waals surface area contributed by atoms with Gasteiger partial charge in [0.05, 0.1) is 60.5 Å². The van der Waals surface area contributed by atoms with Crippen LogP contribution in [0.4, 0.5) is 23.1 Å². The van der Waals surface area contributed by atoms with Crippen LogP contribution < -0.4 is 26.0 Å². The average Bonchev–Trinajstić information content (AvgIpc) is 3.98. The maximum Gasteiger partial charge on any atom is 0.246 e. The fourth-order valence-corrected chi connectivity index (χ4v) is 11.7. The average molecular weight is 1070 g/mol. The van der Waals surface area contributed by atoms with E-state index < -0.39 is 38.6 Å². The molecule has 0 saturated carbocycles. The van der Waals surface area contributed by atoms with E-state index in [9.17, 15) is 23.7 Å². The first-order chi connectivity index (χ1) is 35.1. The lowest BCUT2D eigenvalue weighted by Gasteiger charge is -2.35. The number of rotatable bonds is 20. The highest BCUT2D eigenvalue weighted by Gasteiger charge is 2.44. The van der Waals surface area contributed by atoms with Crippen LogP contribution in [0.3, 0.4) is 0 Å². The SMILES string of the molecule is Cc1cc(Nc2ncc(Cl)c(Nc3ccccc3S(=N)(=O)C(C)C)n2)c(OC(C)C)cc1C1CCN(CCCCC(=O)NC(C(=O)N2C[C@H](O)C[C@H]2C(=O)NCc2ccc(-c3scnc3C)cc2)C(C)(C)C)CC1. The number of carbonyl (C=O) groups is 3. The summed E-state index contributed by atoms with van der Waals surface area (Å²) in [6.07, 6.45) is 4.36. The van der Waals surface area contributed by atoms with Gasteiger partial charge >= 0.3 is 0 Å². The van der Waals surface area contributed by atoms with Gasteiger partial charge in [0.2, 0.25) is 23.7 Å². The Morgan fingerprint density at radius 1 is 0.973 bits per heavy atom. The summed E-state index contributed by atoms with van der Waals surface area (Å²) in [4.78, 5) is 60.0. The van der Waals surface area contributed by atoms with E-state index in [2.05, 4.69) is 60.2 Å². The van der Waals surface area contributed by atoms with E-state index in [1.165, 1.54) is 16.7 Å². The molecule has 2 fully saturated rings. The number of para-hydroxylation sites is 1. The number of aromatic nitrogens is 3. The largest absolute Gasteiger partial charge is 0.489 e. The Kier molecular flexibility index (Phi) is 18.4. The zero-order chi connectivity index (χ0) is 53.5. The van der Waals surface area contributed by atoms with Gasteiger partial charge in [-0.05, 0) is 145 Å². The van der Waals surface area contributed by atoms with Crippen molar-refractivity contribution in [1.29, 1.82) is 4.78 Å². The molecule has 2 aliphatic heterocycles. The van der Waals surface area contributed by atoms with Crippen LogP contribution in [0.2, 0.25) is 5.02 Å². The molecule has 3 amide bonds. The van der Waals surface area contributed by atoms with Crippen LogP contribution in [0.15, 0.2) is 77.3 Å². The molecule has 3 aromatic carbocycles. The monoisotopic (exact) mass is 1070 g/mol. The third-order valence-electron chi connectivity index (χ3n) is 13.7. The van der Waals surface area contributed by atoms with Crippen molar-refractivity contribution in [2.45, 2.75) is 148 Å². The smallest absolute Gasteiger partial charge is 0.246 e. The van der Waals surface area contributed by atoms with Gasteiger partial charge in [0, 0.05) is 31.2 Å². The second-order valence-electron chi connectivity index (χ2n) is 21.2. The highest BCUT2D eigenvalue weighted by Crippen LogP contribution is 2.39. The van der Waals surface area contributed by atoms with Gasteiger partial charge in [0.15, 0.2) is 5.82 Å². The summed E-state index contributed by atoms with van der Waals surface area (Å²) >= 11 is 8.15. The van der Waals surface area contributed by atoms with Crippen molar-refractivity contribution in [3.63, 3.8) is 0 Å². The van der Waals surface area contributed by atoms with Gasteiger partial charge in [-0.1, -0.05) is 68.8 Å². The first-order valence-corrected chi connectivity index (χ1v) is 28.5. The third kappa shape index (κ3) is 14.0. The molecule has 6 N–H and O–H groups in total. The Morgan fingerprint density at radius 3 is 2.35 bits per heavy atom. The minimum atomic E-state index is -3.09. The molecule has 4 heterocycles. The Hall–Kier alpha value is -5.66. The number of nitrogens with zero attached hydrogens (tertiary/aromatic N) is 5. The molecule has 4 atom stereocenters. The second-order valence-corrected chi connectivity index (χ2v) is 25.0. The number of anilines is 4. The first-order valence-electron chi connectivity index (χ1n) is 25.6. The van der Waals surface area contributed by atoms with Gasteiger partial charge in [-0.15, -0.1) is 11.3 Å². The number of halogens is 1. The van der Waals surface area contributed by atoms with Gasteiger partial charge in [-0.2, -0.15) is 4.98 Å². The van der Waals surface area contributed by atoms with Gasteiger partial charge in [-0.25, -0.2) is 19.0 Å². The summed E-state index contributed by atoms with van der Waals surface area (Å²) < 4.78 is 28.3. The van der Waals surface area contributed by atoms with Crippen LogP contribution in [0.1, 0.15) is 115 Å². The number of unbranched alkanes of at least 4 members (excludes halogenated alkanes) is 1. The molecular weight excluding hydrogens is 996 g/mol. The molecular formula is C55H73ClN10O6S2. The van der Waals surface area contributed by atoms with E-state index in [-0.39, 0.29) is 60.7 Å². The number of ether oxygens (including phenoxy) is 1. The van der Waals surface area contributed by atoms with E-state index in [0.29, 0.717) is 40.2 Å². The summed E-state index contributed by atoms with van der Waals surface area (Å²) in [5, 5.41) is 23.1. The Balaban J connectivity index is 0.895. The molecule has 19 heteroatoms. The number of nitrogens with one attached hydrogen (secondary N) is 5. The van der Waals surface area contributed by atoms with Crippen LogP contribution in [-0.4, -0.2) is 108 Å². The molecule has 2 unspecified atom stereocenters. The zero-order valence-electron chi connectivity index (χ0n) is 44.1. The molecule has 2 aromatic heterocycles. The lowest BCUT2D eigenvalue weighted by molar-refractivity contribution is -0.144. The van der Waals surface area contributed by atoms with Gasteiger partial charge in [0.1, 0.15) is 22.9 Å². The van der Waals surface area contributed by atoms with Crippen molar-refractivity contribution < 1.29 is 28.4 Å². The highest BCUT2D eigenvalue weighted by atomic mass is 35.5. The number of amides is 3. The maximum atomic E-state index is 14.2. The Labute approximate surface area is 445 Å². The normalized spacial score (nSPS) is 17.8. The van der Waals surface area contributed by atoms with Crippen molar-refractivity contribution in [2.24, 2.45) is 5.41 Å². The van der Waals surface area contributed by atoms with Crippen molar-refractivity contribution in [3.8, 4) is 16.2 Å². The van der Waals surface area contributed by atoms with Gasteiger partial charge < -0.3 is 40.9 Å². The minimum absolute atomic E-state index is 0.0181. The fourth-order valence-electron chi connectivity index (χ4n) is 9.55. The summed E-state index contributed by atoms with van der Waals surface area (Å²) in [5.41, 5.74) is 7.65. The third-order valence-corrected chi connectivity index (χ3v) is 17.3. The number of aliphatic hydroxyl groups excluding tert-OH is 1. The van der Waals surface area contributed by atoms with Crippen LogP contribution in [0.25, 0.3) is 10.4 Å². The highest BCUT2D eigenvalue weighted by molar-refractivity contribution is 7.93. The summed E-state index contributed by atoms with van der Waals surface area (Å²) in [5.74, 6) is 0.670. The number of carbonyl (C=O) groups excluding carboxylic acids is 3. The number of hydrogen-bond donors (Lipinski definition) is 6. The van der Waals surface area contributed by atoms with Crippen molar-refractivity contribution in [2.75, 3.05) is 36.8 Å². The number of thiazole rings is 1. The number of hydrogen-bond acceptors (Lipinski definition) is 14. The number of likely N-dealkylation sites (tertiary alicyclic amines) is 2. The van der Waals surface area contributed by atoms with Crippen LogP contribution in [0, 0.1) is 24.0 Å². The number of piperidine rings is 1. The van der Waals surface area contributed by atoms with Crippen molar-refractivity contribution >= 4 is 73.5 Å². The Morgan fingerprint density at radius 2 is 1.69 bits per heavy atom. The molecule has 0 aliphatic carbocycles. The van der Waals surface area contributed by atoms with E-state index in [4.69, 9.17) is 21.1 Å². The summed E-state index contributed by atoms with van der Waals surface area (Å²) in [6, 6.07) is 17.4. The minimum Gasteiger partial charge on any atom is -0.489 e. The number of benzene rings is 3. The van der Waals surface area contributed by atoms with Gasteiger partial charge in [0.25, 0.3) is 0 Å². The molecule has 0 spiro atoms. The topological polar surface area (TPSA) is 215 Å². The predicted octanol–water partition coefficient (Wildman–Crippen LogP) is 10.1. The van der Waals surface area contributed by atoms with E-state index in [0.717, 1.165) is 66.2 Å². The molecule has 7 rings (SSSR count). The standard InChI is InChI=1S/C55H73ClN10O6S2/c1-33(2)72-46-28-41(35(5)26-44(46)62-54-59-30-42(56)51(64-54)61-43-14-10-11-15-47(43)74(57,71)34(3)4)38-21-24-65(25-22-38)23-13-12-16-48(68)63-50(55(7,8)9)53(70)66-31-40(67)27-45(66)52(69)58-29-37-17-19-39(20-18-37)49-36(6)60-32-73-49/h10-11,14-15,17-20,26,28,30,32-34,38,40,45,50,57,67H,12-13,16,21-25,27,29,31H2,1-9H3,(H,58,69)(H,63,68)(H2,59,61,62,64)/t40-,45+,50?,74?/m1/s1. The van der Waals surface area contributed by atoms with E-state index >= 15 is 0 Å². The zero-order valence-corrected chi connectivity index (χ0v) is 46.5. The molecule has 16 nitrogen and oxygen atoms in total. The Bertz CT molecular complexity index is 2880. The summed E-state index contributed by atoms with van der Waals surface area (Å²) in [6.45, 7) is 20.2. The number of aryl methyl sites for hydroxylation is 2. The van der Waals surface area contributed by atoms with Crippen LogP contribution in [-0.2, 0) is 30.7 Å². The fraction of sp³-hybridized carbons (Fsp3) is 0.491. The molecule has 0 bridgehead atoms. The molecule has 2 aliphatic rings. The molecule has 398 valence electrons. The van der Waals surface area contributed by atoms with Crippen LogP contribution >= 0.6 is 22.9 Å². The quantitative estimate of drug-likeness (QED) is 0.0402. The van der Waals surface area contributed by atoms with E-state index in [1.807, 2.05) is 71.3 Å². The van der Waals surface area contributed by atoms with Crippen molar-refractivity contribution in [1.82, 2.24) is 35.4 Å².